The lowest BCUT2D eigenvalue weighted by atomic mass is 10.0. The van der Waals surface area contributed by atoms with Crippen molar-refractivity contribution < 1.29 is 5.11 Å². The molecule has 0 amide bonds. The monoisotopic (exact) mass is 339 g/mol. The minimum Gasteiger partial charge on any atom is -0.506 e. The van der Waals surface area contributed by atoms with Gasteiger partial charge in [-0.05, 0) is 23.8 Å². The van der Waals surface area contributed by atoms with E-state index in [0.29, 0.717) is 5.02 Å². The summed E-state index contributed by atoms with van der Waals surface area (Å²) in [5.41, 5.74) is 5.58. The van der Waals surface area contributed by atoms with Crippen LogP contribution in [0.15, 0.2) is 48.5 Å². The molecule has 0 radical (unpaired) electrons. The number of aromatic hydroxyl groups is 1. The maximum atomic E-state index is 9.62. The molecule has 3 aromatic rings. The van der Waals surface area contributed by atoms with Crippen LogP contribution in [0.1, 0.15) is 16.8 Å². The van der Waals surface area contributed by atoms with Gasteiger partial charge in [-0.2, -0.15) is 5.10 Å². The molecule has 0 bridgehead atoms. The van der Waals surface area contributed by atoms with Crippen molar-refractivity contribution in [1.82, 2.24) is 15.1 Å². The minimum absolute atomic E-state index is 0.0931. The first-order valence-electron chi connectivity index (χ1n) is 8.02. The highest BCUT2D eigenvalue weighted by atomic mass is 35.5. The zero-order valence-corrected chi connectivity index (χ0v) is 13.9. The molecule has 1 aliphatic rings. The third kappa shape index (κ3) is 2.90. The zero-order valence-electron chi connectivity index (χ0n) is 13.2. The summed E-state index contributed by atoms with van der Waals surface area (Å²) >= 11 is 6.05. The Kier molecular flexibility index (Phi) is 4.00. The second-order valence-corrected chi connectivity index (χ2v) is 6.55. The van der Waals surface area contributed by atoms with Gasteiger partial charge in [-0.1, -0.05) is 41.9 Å². The third-order valence-electron chi connectivity index (χ3n) is 4.48. The number of aromatic amines is 1. The topological polar surface area (TPSA) is 52.2 Å². The van der Waals surface area contributed by atoms with Gasteiger partial charge >= 0.3 is 0 Å². The first-order valence-corrected chi connectivity index (χ1v) is 8.40. The number of aromatic nitrogens is 2. The maximum absolute atomic E-state index is 9.62. The molecule has 4 rings (SSSR count). The number of hydrogen-bond acceptors (Lipinski definition) is 3. The maximum Gasteiger partial charge on any atom is 0.134 e. The van der Waals surface area contributed by atoms with Crippen molar-refractivity contribution in [1.29, 1.82) is 0 Å². The molecule has 2 aromatic carbocycles. The van der Waals surface area contributed by atoms with E-state index in [-0.39, 0.29) is 5.75 Å². The van der Waals surface area contributed by atoms with Gasteiger partial charge in [0.1, 0.15) is 5.75 Å². The Bertz CT molecular complexity index is 860. The average molecular weight is 340 g/mol. The van der Waals surface area contributed by atoms with Gasteiger partial charge in [0.25, 0.3) is 0 Å². The van der Waals surface area contributed by atoms with Gasteiger partial charge in [0.05, 0.1) is 10.7 Å². The largest absolute Gasteiger partial charge is 0.506 e. The number of hydrogen-bond donors (Lipinski definition) is 2. The van der Waals surface area contributed by atoms with E-state index in [1.165, 1.54) is 16.8 Å². The van der Waals surface area contributed by atoms with Crippen molar-refractivity contribution in [3.8, 4) is 17.0 Å². The van der Waals surface area contributed by atoms with Gasteiger partial charge in [0.15, 0.2) is 0 Å². The van der Waals surface area contributed by atoms with Gasteiger partial charge in [-0.25, -0.2) is 0 Å². The Hall–Kier alpha value is -2.30. The molecule has 0 atom stereocenters. The van der Waals surface area contributed by atoms with Crippen molar-refractivity contribution in [2.75, 3.05) is 6.54 Å². The van der Waals surface area contributed by atoms with Crippen LogP contribution in [-0.2, 0) is 19.5 Å². The Labute approximate surface area is 145 Å². The molecule has 2 N–H and O–H groups in total. The number of rotatable bonds is 3. The normalized spacial score (nSPS) is 14.5. The van der Waals surface area contributed by atoms with E-state index >= 15 is 0 Å². The van der Waals surface area contributed by atoms with Crippen LogP contribution >= 0.6 is 11.6 Å². The molecule has 1 aromatic heterocycles. The average Bonchev–Trinajstić information content (AvgIpc) is 3.01. The number of halogens is 1. The molecule has 24 heavy (non-hydrogen) atoms. The smallest absolute Gasteiger partial charge is 0.134 e. The Morgan fingerprint density at radius 1 is 1.17 bits per heavy atom. The summed E-state index contributed by atoms with van der Waals surface area (Å²) in [4.78, 5) is 2.43. The van der Waals surface area contributed by atoms with E-state index < -0.39 is 0 Å². The molecule has 2 heterocycles. The Balaban J connectivity index is 1.61. The van der Waals surface area contributed by atoms with E-state index in [2.05, 4.69) is 39.4 Å². The van der Waals surface area contributed by atoms with Crippen LogP contribution in [0.3, 0.4) is 0 Å². The van der Waals surface area contributed by atoms with Crippen molar-refractivity contribution >= 4 is 11.6 Å². The summed E-state index contributed by atoms with van der Waals surface area (Å²) in [6, 6.07) is 15.7. The molecular formula is C19H18ClN3O. The molecule has 5 heteroatoms. The standard InChI is InChI=1S/C19H18ClN3O/c20-16-10-14(6-7-18(16)24)19-15-12-23(9-8-17(15)21-22-19)11-13-4-2-1-3-5-13/h1-7,10,24H,8-9,11-12H2,(H,21,22). The summed E-state index contributed by atoms with van der Waals surface area (Å²) in [6.45, 7) is 2.80. The molecule has 0 fully saturated rings. The predicted molar refractivity (Wildman–Crippen MR) is 95.0 cm³/mol. The Morgan fingerprint density at radius 3 is 2.79 bits per heavy atom. The summed E-state index contributed by atoms with van der Waals surface area (Å²) in [7, 11) is 0. The molecule has 0 spiro atoms. The number of phenols is 1. The molecule has 122 valence electrons. The third-order valence-corrected chi connectivity index (χ3v) is 4.79. The zero-order chi connectivity index (χ0) is 16.5. The highest BCUT2D eigenvalue weighted by Crippen LogP contribution is 2.33. The second kappa shape index (κ2) is 6.30. The number of nitrogens with zero attached hydrogens (tertiary/aromatic N) is 2. The number of benzene rings is 2. The summed E-state index contributed by atoms with van der Waals surface area (Å²) in [5, 5.41) is 17.6. The first-order chi connectivity index (χ1) is 11.7. The second-order valence-electron chi connectivity index (χ2n) is 6.14. The van der Waals surface area contributed by atoms with Crippen LogP contribution in [0.25, 0.3) is 11.3 Å². The molecule has 0 unspecified atom stereocenters. The van der Waals surface area contributed by atoms with Crippen LogP contribution < -0.4 is 0 Å². The van der Waals surface area contributed by atoms with Crippen molar-refractivity contribution in [3.63, 3.8) is 0 Å². The lowest BCUT2D eigenvalue weighted by Gasteiger charge is -2.27. The van der Waals surface area contributed by atoms with Crippen LogP contribution in [0.5, 0.6) is 5.75 Å². The summed E-state index contributed by atoms with van der Waals surface area (Å²) < 4.78 is 0. The molecule has 0 saturated heterocycles. The molecule has 0 saturated carbocycles. The summed E-state index contributed by atoms with van der Waals surface area (Å²) in [6.07, 6.45) is 0.959. The number of fused-ring (bicyclic) bond motifs is 1. The quantitative estimate of drug-likeness (QED) is 0.758. The van der Waals surface area contributed by atoms with Crippen LogP contribution in [0.2, 0.25) is 5.02 Å². The Morgan fingerprint density at radius 2 is 2.00 bits per heavy atom. The lowest BCUT2D eigenvalue weighted by molar-refractivity contribution is 0.245. The van der Waals surface area contributed by atoms with Crippen molar-refractivity contribution in [2.24, 2.45) is 0 Å². The van der Waals surface area contributed by atoms with Crippen molar-refractivity contribution in [2.45, 2.75) is 19.5 Å². The van der Waals surface area contributed by atoms with E-state index in [1.54, 1.807) is 12.1 Å². The van der Waals surface area contributed by atoms with E-state index in [4.69, 9.17) is 11.6 Å². The van der Waals surface area contributed by atoms with E-state index in [9.17, 15) is 5.11 Å². The fourth-order valence-corrected chi connectivity index (χ4v) is 3.40. The van der Waals surface area contributed by atoms with Crippen LogP contribution in [0, 0.1) is 0 Å². The highest BCUT2D eigenvalue weighted by Gasteiger charge is 2.23. The molecular weight excluding hydrogens is 322 g/mol. The fourth-order valence-electron chi connectivity index (χ4n) is 3.22. The molecule has 4 nitrogen and oxygen atoms in total. The van der Waals surface area contributed by atoms with Gasteiger partial charge in [0.2, 0.25) is 0 Å². The number of phenolic OH excluding ortho intramolecular Hbond substituents is 1. The highest BCUT2D eigenvalue weighted by molar-refractivity contribution is 6.32. The number of nitrogens with one attached hydrogen (secondary N) is 1. The molecule has 1 aliphatic heterocycles. The van der Waals surface area contributed by atoms with Gasteiger partial charge in [-0.3, -0.25) is 10.00 Å². The van der Waals surface area contributed by atoms with Gasteiger partial charge in [-0.15, -0.1) is 0 Å². The minimum atomic E-state index is 0.0931. The SMILES string of the molecule is Oc1ccc(-c2n[nH]c3c2CN(Cc2ccccc2)CC3)cc1Cl. The predicted octanol–water partition coefficient (Wildman–Crippen LogP) is 3.99. The van der Waals surface area contributed by atoms with E-state index in [0.717, 1.165) is 37.3 Å². The van der Waals surface area contributed by atoms with E-state index in [1.807, 2.05) is 12.1 Å². The van der Waals surface area contributed by atoms with Gasteiger partial charge in [0, 0.05) is 42.9 Å². The molecule has 0 aliphatic carbocycles. The fraction of sp³-hybridized carbons (Fsp3) is 0.211. The van der Waals surface area contributed by atoms with Crippen molar-refractivity contribution in [3.05, 3.63) is 70.4 Å². The van der Waals surface area contributed by atoms with Gasteiger partial charge < -0.3 is 5.11 Å². The summed E-state index contributed by atoms with van der Waals surface area (Å²) in [5.74, 6) is 0.0931. The first kappa shape index (κ1) is 15.2. The van der Waals surface area contributed by atoms with Crippen LogP contribution in [0.4, 0.5) is 0 Å². The lowest BCUT2D eigenvalue weighted by Crippen LogP contribution is -2.29. The number of H-pyrrole nitrogens is 1. The van der Waals surface area contributed by atoms with Crippen LogP contribution in [-0.4, -0.2) is 26.7 Å².